The lowest BCUT2D eigenvalue weighted by molar-refractivity contribution is 0.167. The van der Waals surface area contributed by atoms with Crippen molar-refractivity contribution in [3.05, 3.63) is 48.3 Å². The molecule has 2 aromatic rings. The first-order valence-electron chi connectivity index (χ1n) is 7.73. The monoisotopic (exact) mass is 286 g/mol. The Hall–Kier alpha value is -1.65. The molecule has 4 heteroatoms. The zero-order chi connectivity index (χ0) is 15.2. The minimum absolute atomic E-state index is 0.215. The van der Waals surface area contributed by atoms with Crippen molar-refractivity contribution >= 4 is 0 Å². The van der Waals surface area contributed by atoms with Crippen LogP contribution in [0.2, 0.25) is 0 Å². The molecule has 21 heavy (non-hydrogen) atoms. The highest BCUT2D eigenvalue weighted by molar-refractivity contribution is 5.31. The summed E-state index contributed by atoms with van der Waals surface area (Å²) < 4.78 is 1.92. The maximum atomic E-state index is 6.02. The van der Waals surface area contributed by atoms with Crippen molar-refractivity contribution in [2.75, 3.05) is 13.6 Å². The van der Waals surface area contributed by atoms with Gasteiger partial charge in [-0.3, -0.25) is 4.90 Å². The number of benzene rings is 1. The summed E-state index contributed by atoms with van der Waals surface area (Å²) in [7, 11) is 2.16. The molecule has 1 unspecified atom stereocenters. The molecular weight excluding hydrogens is 260 g/mol. The van der Waals surface area contributed by atoms with Gasteiger partial charge in [-0.2, -0.15) is 5.10 Å². The van der Waals surface area contributed by atoms with Crippen molar-refractivity contribution in [2.45, 2.75) is 38.8 Å². The van der Waals surface area contributed by atoms with Crippen LogP contribution in [0, 0.1) is 0 Å². The Bertz CT molecular complexity index is 531. The first-order chi connectivity index (χ1) is 10.2. The van der Waals surface area contributed by atoms with Crippen LogP contribution in [-0.4, -0.2) is 34.3 Å². The maximum Gasteiger partial charge on any atom is 0.0645 e. The fourth-order valence-electron chi connectivity index (χ4n) is 2.89. The van der Waals surface area contributed by atoms with E-state index in [0.29, 0.717) is 12.6 Å². The van der Waals surface area contributed by atoms with Crippen molar-refractivity contribution in [3.63, 3.8) is 0 Å². The first kappa shape index (κ1) is 15.7. The third-order valence-electron chi connectivity index (χ3n) is 4.24. The van der Waals surface area contributed by atoms with Gasteiger partial charge in [0.2, 0.25) is 0 Å². The lowest BCUT2D eigenvalue weighted by Gasteiger charge is -2.33. The fourth-order valence-corrected chi connectivity index (χ4v) is 2.89. The maximum absolute atomic E-state index is 6.02. The van der Waals surface area contributed by atoms with Crippen LogP contribution < -0.4 is 5.73 Å². The molecule has 0 amide bonds. The van der Waals surface area contributed by atoms with Gasteiger partial charge in [-0.25, -0.2) is 4.68 Å². The minimum Gasteiger partial charge on any atom is -0.329 e. The molecule has 0 saturated heterocycles. The molecule has 1 atom stereocenters. The number of nitrogens with two attached hydrogens (primary N) is 1. The number of rotatable bonds is 7. The molecule has 1 heterocycles. The SMILES string of the molecule is CCC(CC)N(C)C(CN)c1cnn(-c2ccccc2)c1. The van der Waals surface area contributed by atoms with Gasteiger partial charge in [0.05, 0.1) is 17.9 Å². The molecule has 0 aliphatic rings. The van der Waals surface area contributed by atoms with E-state index in [1.165, 1.54) is 5.56 Å². The predicted octanol–water partition coefficient (Wildman–Crippen LogP) is 2.99. The van der Waals surface area contributed by atoms with E-state index < -0.39 is 0 Å². The first-order valence-corrected chi connectivity index (χ1v) is 7.73. The van der Waals surface area contributed by atoms with E-state index >= 15 is 0 Å². The molecule has 0 aliphatic heterocycles. The Labute approximate surface area is 127 Å². The summed E-state index contributed by atoms with van der Waals surface area (Å²) in [6, 6.07) is 10.9. The largest absolute Gasteiger partial charge is 0.329 e. The van der Waals surface area contributed by atoms with Crippen LogP contribution in [0.3, 0.4) is 0 Å². The minimum atomic E-state index is 0.215. The normalized spacial score (nSPS) is 13.0. The second-order valence-electron chi connectivity index (χ2n) is 5.44. The predicted molar refractivity (Wildman–Crippen MR) is 87.5 cm³/mol. The Morgan fingerprint density at radius 3 is 2.43 bits per heavy atom. The summed E-state index contributed by atoms with van der Waals surface area (Å²) in [5.74, 6) is 0. The Kier molecular flexibility index (Phi) is 5.53. The molecule has 1 aromatic carbocycles. The highest BCUT2D eigenvalue weighted by Crippen LogP contribution is 2.23. The van der Waals surface area contributed by atoms with Crippen LogP contribution in [0.25, 0.3) is 5.69 Å². The molecule has 114 valence electrons. The van der Waals surface area contributed by atoms with Crippen molar-refractivity contribution in [3.8, 4) is 5.69 Å². The van der Waals surface area contributed by atoms with Crippen LogP contribution in [0.5, 0.6) is 0 Å². The van der Waals surface area contributed by atoms with Gasteiger partial charge in [-0.1, -0.05) is 32.0 Å². The topological polar surface area (TPSA) is 47.1 Å². The number of para-hydroxylation sites is 1. The second-order valence-corrected chi connectivity index (χ2v) is 5.44. The fraction of sp³-hybridized carbons (Fsp3) is 0.471. The van der Waals surface area contributed by atoms with Gasteiger partial charge in [0.1, 0.15) is 0 Å². The van der Waals surface area contributed by atoms with Gasteiger partial charge in [0, 0.05) is 24.3 Å². The smallest absolute Gasteiger partial charge is 0.0645 e. The quantitative estimate of drug-likeness (QED) is 0.851. The van der Waals surface area contributed by atoms with Gasteiger partial charge in [0.15, 0.2) is 0 Å². The van der Waals surface area contributed by atoms with Gasteiger partial charge < -0.3 is 5.73 Å². The Morgan fingerprint density at radius 2 is 1.86 bits per heavy atom. The number of nitrogens with zero attached hydrogens (tertiary/aromatic N) is 3. The molecule has 2 N–H and O–H groups in total. The Balaban J connectivity index is 2.22. The van der Waals surface area contributed by atoms with Crippen molar-refractivity contribution < 1.29 is 0 Å². The van der Waals surface area contributed by atoms with E-state index in [9.17, 15) is 0 Å². The lowest BCUT2D eigenvalue weighted by atomic mass is 10.0. The highest BCUT2D eigenvalue weighted by Gasteiger charge is 2.22. The zero-order valence-corrected chi connectivity index (χ0v) is 13.2. The molecule has 4 nitrogen and oxygen atoms in total. The van der Waals surface area contributed by atoms with Crippen LogP contribution in [0.15, 0.2) is 42.7 Å². The molecule has 1 aromatic heterocycles. The average molecular weight is 286 g/mol. The van der Waals surface area contributed by atoms with Gasteiger partial charge in [-0.15, -0.1) is 0 Å². The van der Waals surface area contributed by atoms with E-state index in [-0.39, 0.29) is 6.04 Å². The molecular formula is C17H26N4. The highest BCUT2D eigenvalue weighted by atomic mass is 15.3. The second kappa shape index (κ2) is 7.38. The molecule has 0 fully saturated rings. The van der Waals surface area contributed by atoms with E-state index in [4.69, 9.17) is 5.73 Å². The van der Waals surface area contributed by atoms with Crippen molar-refractivity contribution in [1.82, 2.24) is 14.7 Å². The van der Waals surface area contributed by atoms with E-state index in [1.807, 2.05) is 29.1 Å². The standard InChI is InChI=1S/C17H26N4/c1-4-15(5-2)20(3)17(11-18)14-12-19-21(13-14)16-9-7-6-8-10-16/h6-10,12-13,15,17H,4-5,11,18H2,1-3H3. The third-order valence-corrected chi connectivity index (χ3v) is 4.24. The third kappa shape index (κ3) is 3.52. The number of hydrogen-bond donors (Lipinski definition) is 1. The molecule has 2 rings (SSSR count). The molecule has 0 spiro atoms. The van der Waals surface area contributed by atoms with E-state index in [2.05, 4.69) is 49.2 Å². The molecule has 0 bridgehead atoms. The summed E-state index contributed by atoms with van der Waals surface area (Å²) in [4.78, 5) is 2.38. The summed E-state index contributed by atoms with van der Waals surface area (Å²) in [5.41, 5.74) is 8.27. The summed E-state index contributed by atoms with van der Waals surface area (Å²) in [6.07, 6.45) is 6.29. The van der Waals surface area contributed by atoms with Gasteiger partial charge >= 0.3 is 0 Å². The average Bonchev–Trinajstić information content (AvgIpc) is 3.00. The summed E-state index contributed by atoms with van der Waals surface area (Å²) >= 11 is 0. The number of aromatic nitrogens is 2. The van der Waals surface area contributed by atoms with Gasteiger partial charge in [0.25, 0.3) is 0 Å². The zero-order valence-electron chi connectivity index (χ0n) is 13.2. The van der Waals surface area contributed by atoms with E-state index in [0.717, 1.165) is 18.5 Å². The number of hydrogen-bond acceptors (Lipinski definition) is 3. The van der Waals surface area contributed by atoms with Crippen LogP contribution >= 0.6 is 0 Å². The number of likely N-dealkylation sites (N-methyl/N-ethyl adjacent to an activating group) is 1. The summed E-state index contributed by atoms with van der Waals surface area (Å²) in [6.45, 7) is 5.06. The molecule has 0 aliphatic carbocycles. The van der Waals surface area contributed by atoms with Crippen LogP contribution in [0.1, 0.15) is 38.3 Å². The Morgan fingerprint density at radius 1 is 1.19 bits per heavy atom. The lowest BCUT2D eigenvalue weighted by Crippen LogP contribution is -2.37. The van der Waals surface area contributed by atoms with Crippen molar-refractivity contribution in [2.24, 2.45) is 5.73 Å². The summed E-state index contributed by atoms with van der Waals surface area (Å²) in [5, 5.41) is 4.48. The van der Waals surface area contributed by atoms with Crippen molar-refractivity contribution in [1.29, 1.82) is 0 Å². The van der Waals surface area contributed by atoms with Crippen LogP contribution in [0.4, 0.5) is 0 Å². The molecule has 0 saturated carbocycles. The van der Waals surface area contributed by atoms with E-state index in [1.54, 1.807) is 0 Å². The van der Waals surface area contributed by atoms with Crippen LogP contribution in [-0.2, 0) is 0 Å². The molecule has 0 radical (unpaired) electrons. The van der Waals surface area contributed by atoms with Gasteiger partial charge in [-0.05, 0) is 32.0 Å².